The van der Waals surface area contributed by atoms with E-state index in [0.717, 1.165) is 16.7 Å². The molecule has 0 amide bonds. The van der Waals surface area contributed by atoms with Gasteiger partial charge in [-0.1, -0.05) is 55.0 Å². The Labute approximate surface area is 113 Å². The second-order valence-corrected chi connectivity index (χ2v) is 4.44. The molecular formula is C18H15F. The van der Waals surface area contributed by atoms with Crippen molar-refractivity contribution >= 4 is 5.57 Å². The Hall–Kier alpha value is -2.33. The highest BCUT2D eigenvalue weighted by molar-refractivity contribution is 5.64. The van der Waals surface area contributed by atoms with Crippen LogP contribution in [-0.2, 0) is 0 Å². The van der Waals surface area contributed by atoms with Crippen molar-refractivity contribution in [3.8, 4) is 12.3 Å². The summed E-state index contributed by atoms with van der Waals surface area (Å²) in [7, 11) is 0. The van der Waals surface area contributed by atoms with E-state index < -0.39 is 0 Å². The lowest BCUT2D eigenvalue weighted by Crippen LogP contribution is -1.97. The third-order valence-electron chi connectivity index (χ3n) is 3.11. The van der Waals surface area contributed by atoms with E-state index in [1.807, 2.05) is 30.3 Å². The lowest BCUT2D eigenvalue weighted by Gasteiger charge is -2.13. The van der Waals surface area contributed by atoms with Gasteiger partial charge >= 0.3 is 0 Å². The standard InChI is InChI=1S/C18H15F/c1-3-15(17-9-11-18(19)12-10-17)13-14(2)16-7-5-4-6-8-16/h1,4-12,15H,2,13H2. The Morgan fingerprint density at radius 2 is 1.74 bits per heavy atom. The molecule has 0 spiro atoms. The molecule has 0 nitrogen and oxygen atoms in total. The van der Waals surface area contributed by atoms with Gasteiger partial charge in [0.15, 0.2) is 0 Å². The van der Waals surface area contributed by atoms with Gasteiger partial charge in [-0.05, 0) is 35.3 Å². The van der Waals surface area contributed by atoms with Crippen molar-refractivity contribution in [1.29, 1.82) is 0 Å². The fraction of sp³-hybridized carbons (Fsp3) is 0.111. The molecule has 0 aromatic heterocycles. The summed E-state index contributed by atoms with van der Waals surface area (Å²) >= 11 is 0. The Morgan fingerprint density at radius 3 is 2.32 bits per heavy atom. The molecule has 0 heterocycles. The summed E-state index contributed by atoms with van der Waals surface area (Å²) in [6.07, 6.45) is 6.26. The summed E-state index contributed by atoms with van der Waals surface area (Å²) < 4.78 is 12.9. The third kappa shape index (κ3) is 3.33. The van der Waals surface area contributed by atoms with Gasteiger partial charge in [0.05, 0.1) is 0 Å². The third-order valence-corrected chi connectivity index (χ3v) is 3.11. The number of halogens is 1. The van der Waals surface area contributed by atoms with Gasteiger partial charge in [-0.15, -0.1) is 6.42 Å². The molecule has 1 atom stereocenters. The quantitative estimate of drug-likeness (QED) is 0.693. The maximum absolute atomic E-state index is 12.9. The highest BCUT2D eigenvalue weighted by Crippen LogP contribution is 2.27. The Kier molecular flexibility index (Phi) is 4.15. The molecule has 2 aromatic carbocycles. The monoisotopic (exact) mass is 250 g/mol. The van der Waals surface area contributed by atoms with E-state index in [1.165, 1.54) is 12.1 Å². The lowest BCUT2D eigenvalue weighted by molar-refractivity contribution is 0.626. The van der Waals surface area contributed by atoms with Crippen LogP contribution in [0.1, 0.15) is 23.5 Å². The van der Waals surface area contributed by atoms with Crippen LogP contribution in [-0.4, -0.2) is 0 Å². The van der Waals surface area contributed by atoms with Crippen molar-refractivity contribution < 1.29 is 4.39 Å². The maximum atomic E-state index is 12.9. The van der Waals surface area contributed by atoms with Crippen LogP contribution in [0.4, 0.5) is 4.39 Å². The molecule has 0 aliphatic rings. The molecule has 19 heavy (non-hydrogen) atoms. The summed E-state index contributed by atoms with van der Waals surface area (Å²) in [4.78, 5) is 0. The minimum atomic E-state index is -0.249. The highest BCUT2D eigenvalue weighted by Gasteiger charge is 2.11. The first-order valence-electron chi connectivity index (χ1n) is 6.15. The van der Waals surface area contributed by atoms with E-state index in [-0.39, 0.29) is 11.7 Å². The molecule has 0 radical (unpaired) electrons. The Balaban J connectivity index is 2.14. The molecule has 2 aromatic rings. The predicted octanol–water partition coefficient (Wildman–Crippen LogP) is 4.65. The molecule has 0 bridgehead atoms. The van der Waals surface area contributed by atoms with Gasteiger partial charge in [-0.3, -0.25) is 0 Å². The number of benzene rings is 2. The molecule has 0 saturated heterocycles. The molecule has 0 fully saturated rings. The molecule has 1 unspecified atom stereocenters. The second-order valence-electron chi connectivity index (χ2n) is 4.44. The minimum absolute atomic E-state index is 0.0756. The molecular weight excluding hydrogens is 235 g/mol. The van der Waals surface area contributed by atoms with E-state index >= 15 is 0 Å². The summed E-state index contributed by atoms with van der Waals surface area (Å²) in [6, 6.07) is 16.3. The number of terminal acetylenes is 1. The fourth-order valence-corrected chi connectivity index (χ4v) is 2.01. The van der Waals surface area contributed by atoms with Crippen molar-refractivity contribution in [2.24, 2.45) is 0 Å². The molecule has 0 N–H and O–H groups in total. The van der Waals surface area contributed by atoms with Crippen molar-refractivity contribution in [2.75, 3.05) is 0 Å². The summed E-state index contributed by atoms with van der Waals surface area (Å²) in [6.45, 7) is 4.09. The average Bonchev–Trinajstić information content (AvgIpc) is 2.46. The summed E-state index contributed by atoms with van der Waals surface area (Å²) in [5.41, 5.74) is 3.03. The van der Waals surface area contributed by atoms with Crippen LogP contribution in [0.2, 0.25) is 0 Å². The largest absolute Gasteiger partial charge is 0.207 e. The van der Waals surface area contributed by atoms with Crippen molar-refractivity contribution in [3.05, 3.63) is 78.1 Å². The SMILES string of the molecule is C#CC(CC(=C)c1ccccc1)c1ccc(F)cc1. The zero-order valence-electron chi connectivity index (χ0n) is 10.6. The smallest absolute Gasteiger partial charge is 0.123 e. The van der Waals surface area contributed by atoms with Crippen molar-refractivity contribution in [3.63, 3.8) is 0 Å². The summed E-state index contributed by atoms with van der Waals surface area (Å²) in [5, 5.41) is 0. The second kappa shape index (κ2) is 6.02. The molecule has 2 rings (SSSR count). The number of hydrogen-bond acceptors (Lipinski definition) is 0. The van der Waals surface area contributed by atoms with Gasteiger partial charge in [0.2, 0.25) is 0 Å². The van der Waals surface area contributed by atoms with Gasteiger partial charge < -0.3 is 0 Å². The van der Waals surface area contributed by atoms with Crippen LogP contribution in [0, 0.1) is 18.2 Å². The van der Waals surface area contributed by atoms with Crippen LogP contribution >= 0.6 is 0 Å². The van der Waals surface area contributed by atoms with E-state index in [9.17, 15) is 4.39 Å². The lowest BCUT2D eigenvalue weighted by atomic mass is 9.90. The number of hydrogen-bond donors (Lipinski definition) is 0. The van der Waals surface area contributed by atoms with Crippen LogP contribution < -0.4 is 0 Å². The molecule has 0 aliphatic carbocycles. The first-order valence-corrected chi connectivity index (χ1v) is 6.15. The predicted molar refractivity (Wildman–Crippen MR) is 78.1 cm³/mol. The van der Waals surface area contributed by atoms with E-state index in [4.69, 9.17) is 6.42 Å². The minimum Gasteiger partial charge on any atom is -0.207 e. The number of allylic oxidation sites excluding steroid dienone is 1. The van der Waals surface area contributed by atoms with E-state index in [1.54, 1.807) is 12.1 Å². The molecule has 0 saturated carbocycles. The molecule has 0 aliphatic heterocycles. The Morgan fingerprint density at radius 1 is 1.11 bits per heavy atom. The molecule has 1 heteroatoms. The first kappa shape index (κ1) is 13.1. The van der Waals surface area contributed by atoms with Gasteiger partial charge in [0.25, 0.3) is 0 Å². The average molecular weight is 250 g/mol. The normalized spacial score (nSPS) is 11.6. The Bertz CT molecular complexity index is 588. The van der Waals surface area contributed by atoms with Crippen LogP contribution in [0.15, 0.2) is 61.2 Å². The van der Waals surface area contributed by atoms with Crippen LogP contribution in [0.5, 0.6) is 0 Å². The zero-order chi connectivity index (χ0) is 13.7. The van der Waals surface area contributed by atoms with Gasteiger partial charge in [0.1, 0.15) is 5.82 Å². The van der Waals surface area contributed by atoms with Gasteiger partial charge in [-0.25, -0.2) is 4.39 Å². The van der Waals surface area contributed by atoms with E-state index in [0.29, 0.717) is 6.42 Å². The van der Waals surface area contributed by atoms with Crippen LogP contribution in [0.25, 0.3) is 5.57 Å². The van der Waals surface area contributed by atoms with Gasteiger partial charge in [-0.2, -0.15) is 0 Å². The van der Waals surface area contributed by atoms with E-state index in [2.05, 4.69) is 12.5 Å². The topological polar surface area (TPSA) is 0 Å². The zero-order valence-corrected chi connectivity index (χ0v) is 10.6. The summed E-state index contributed by atoms with van der Waals surface area (Å²) in [5.74, 6) is 2.43. The van der Waals surface area contributed by atoms with Crippen LogP contribution in [0.3, 0.4) is 0 Å². The van der Waals surface area contributed by atoms with Crippen molar-refractivity contribution in [2.45, 2.75) is 12.3 Å². The fourth-order valence-electron chi connectivity index (χ4n) is 2.01. The first-order chi connectivity index (χ1) is 9.20. The highest BCUT2D eigenvalue weighted by atomic mass is 19.1. The molecule has 94 valence electrons. The van der Waals surface area contributed by atoms with Crippen molar-refractivity contribution in [1.82, 2.24) is 0 Å². The van der Waals surface area contributed by atoms with Gasteiger partial charge in [0, 0.05) is 5.92 Å². The number of rotatable bonds is 4. The maximum Gasteiger partial charge on any atom is 0.123 e.